The summed E-state index contributed by atoms with van der Waals surface area (Å²) in [4.78, 5) is 22.8. The SMILES string of the molecule is CNCC(=O)N1CCC[C@@H]1c1cc(NC)nc(C)n1. The Balaban J connectivity index is 2.24. The van der Waals surface area contributed by atoms with Crippen LogP contribution in [-0.2, 0) is 4.79 Å². The van der Waals surface area contributed by atoms with Gasteiger partial charge in [0.2, 0.25) is 5.91 Å². The van der Waals surface area contributed by atoms with Gasteiger partial charge in [0.05, 0.1) is 18.3 Å². The minimum Gasteiger partial charge on any atom is -0.373 e. The first-order chi connectivity index (χ1) is 9.15. The van der Waals surface area contributed by atoms with E-state index in [0.29, 0.717) is 6.54 Å². The molecule has 0 saturated carbocycles. The Kier molecular flexibility index (Phi) is 4.31. The maximum absolute atomic E-state index is 12.1. The number of hydrogen-bond acceptors (Lipinski definition) is 5. The predicted octanol–water partition coefficient (Wildman–Crippen LogP) is 0.710. The first-order valence-electron chi connectivity index (χ1n) is 6.63. The van der Waals surface area contributed by atoms with Crippen LogP contribution in [0.5, 0.6) is 0 Å². The third-order valence-electron chi connectivity index (χ3n) is 3.36. The summed E-state index contributed by atoms with van der Waals surface area (Å²) in [6, 6.07) is 2.01. The van der Waals surface area contributed by atoms with Crippen molar-refractivity contribution < 1.29 is 4.79 Å². The van der Waals surface area contributed by atoms with E-state index in [1.54, 1.807) is 7.05 Å². The average molecular weight is 263 g/mol. The number of nitrogens with one attached hydrogen (secondary N) is 2. The van der Waals surface area contributed by atoms with Gasteiger partial charge in [0.15, 0.2) is 0 Å². The highest BCUT2D eigenvalue weighted by molar-refractivity contribution is 5.79. The lowest BCUT2D eigenvalue weighted by Gasteiger charge is -2.24. The number of amides is 1. The Hall–Kier alpha value is -1.69. The normalized spacial score (nSPS) is 18.7. The average Bonchev–Trinajstić information content (AvgIpc) is 2.87. The number of hydrogen-bond donors (Lipinski definition) is 2. The fraction of sp³-hybridized carbons (Fsp3) is 0.615. The second kappa shape index (κ2) is 5.97. The number of likely N-dealkylation sites (tertiary alicyclic amines) is 1. The predicted molar refractivity (Wildman–Crippen MR) is 73.9 cm³/mol. The fourth-order valence-corrected chi connectivity index (χ4v) is 2.52. The molecule has 0 radical (unpaired) electrons. The van der Waals surface area contributed by atoms with Crippen molar-refractivity contribution in [3.63, 3.8) is 0 Å². The van der Waals surface area contributed by atoms with Crippen molar-refractivity contribution >= 4 is 11.7 Å². The molecule has 1 atom stereocenters. The van der Waals surface area contributed by atoms with Crippen LogP contribution >= 0.6 is 0 Å². The largest absolute Gasteiger partial charge is 0.373 e. The van der Waals surface area contributed by atoms with Gasteiger partial charge in [-0.2, -0.15) is 0 Å². The summed E-state index contributed by atoms with van der Waals surface area (Å²) in [5.74, 6) is 1.66. The Bertz CT molecular complexity index is 462. The lowest BCUT2D eigenvalue weighted by Crippen LogP contribution is -2.37. The molecular formula is C13H21N5O. The topological polar surface area (TPSA) is 70.2 Å². The fourth-order valence-electron chi connectivity index (χ4n) is 2.52. The number of carbonyl (C=O) groups is 1. The van der Waals surface area contributed by atoms with E-state index in [9.17, 15) is 4.79 Å². The summed E-state index contributed by atoms with van der Waals surface area (Å²) in [7, 11) is 3.63. The summed E-state index contributed by atoms with van der Waals surface area (Å²) in [6.45, 7) is 3.06. The van der Waals surface area contributed by atoms with E-state index < -0.39 is 0 Å². The minimum atomic E-state index is 0.0784. The van der Waals surface area contributed by atoms with E-state index in [1.807, 2.05) is 24.9 Å². The molecule has 0 aromatic carbocycles. The number of aryl methyl sites for hydroxylation is 1. The Morgan fingerprint density at radius 1 is 1.47 bits per heavy atom. The third-order valence-corrected chi connectivity index (χ3v) is 3.36. The van der Waals surface area contributed by atoms with E-state index in [1.165, 1.54) is 0 Å². The number of nitrogens with zero attached hydrogens (tertiary/aromatic N) is 3. The first kappa shape index (κ1) is 13.7. The molecule has 0 spiro atoms. The quantitative estimate of drug-likeness (QED) is 0.837. The molecule has 2 rings (SSSR count). The van der Waals surface area contributed by atoms with Gasteiger partial charge >= 0.3 is 0 Å². The molecule has 2 heterocycles. The number of rotatable bonds is 4. The van der Waals surface area contributed by atoms with E-state index >= 15 is 0 Å². The monoisotopic (exact) mass is 263 g/mol. The molecule has 6 nitrogen and oxygen atoms in total. The minimum absolute atomic E-state index is 0.0784. The molecular weight excluding hydrogens is 242 g/mol. The zero-order valence-corrected chi connectivity index (χ0v) is 11.7. The molecule has 2 N–H and O–H groups in total. The van der Waals surface area contributed by atoms with E-state index in [4.69, 9.17) is 0 Å². The van der Waals surface area contributed by atoms with E-state index in [0.717, 1.165) is 36.7 Å². The Morgan fingerprint density at radius 2 is 2.26 bits per heavy atom. The molecule has 6 heteroatoms. The van der Waals surface area contributed by atoms with Gasteiger partial charge in [0, 0.05) is 19.7 Å². The maximum Gasteiger partial charge on any atom is 0.237 e. The molecule has 104 valence electrons. The summed E-state index contributed by atoms with van der Waals surface area (Å²) >= 11 is 0. The molecule has 1 saturated heterocycles. The molecule has 0 unspecified atom stereocenters. The van der Waals surface area contributed by atoms with Gasteiger partial charge in [-0.3, -0.25) is 4.79 Å². The number of carbonyl (C=O) groups excluding carboxylic acids is 1. The molecule has 1 aromatic heterocycles. The highest BCUT2D eigenvalue weighted by Crippen LogP contribution is 2.31. The van der Waals surface area contributed by atoms with Crippen molar-refractivity contribution in [1.29, 1.82) is 0 Å². The third kappa shape index (κ3) is 3.01. The number of likely N-dealkylation sites (N-methyl/N-ethyl adjacent to an activating group) is 1. The lowest BCUT2D eigenvalue weighted by molar-refractivity contribution is -0.131. The smallest absolute Gasteiger partial charge is 0.237 e. The molecule has 0 bridgehead atoms. The summed E-state index contributed by atoms with van der Waals surface area (Å²) in [5.41, 5.74) is 0.929. The molecule has 1 aromatic rings. The van der Waals surface area contributed by atoms with Gasteiger partial charge in [-0.25, -0.2) is 9.97 Å². The van der Waals surface area contributed by atoms with E-state index in [2.05, 4.69) is 20.6 Å². The zero-order chi connectivity index (χ0) is 13.8. The number of aromatic nitrogens is 2. The molecule has 1 fully saturated rings. The molecule has 1 amide bonds. The van der Waals surface area contributed by atoms with Gasteiger partial charge in [0.1, 0.15) is 11.6 Å². The van der Waals surface area contributed by atoms with Crippen LogP contribution in [-0.4, -0.2) is 48.0 Å². The molecule has 19 heavy (non-hydrogen) atoms. The highest BCUT2D eigenvalue weighted by atomic mass is 16.2. The van der Waals surface area contributed by atoms with Crippen molar-refractivity contribution in [2.75, 3.05) is 32.5 Å². The first-order valence-corrected chi connectivity index (χ1v) is 6.63. The molecule has 0 aliphatic carbocycles. The molecule has 1 aliphatic rings. The Morgan fingerprint density at radius 3 is 2.95 bits per heavy atom. The van der Waals surface area contributed by atoms with Gasteiger partial charge in [-0.05, 0) is 26.8 Å². The van der Waals surface area contributed by atoms with Crippen LogP contribution in [0.4, 0.5) is 5.82 Å². The zero-order valence-electron chi connectivity index (χ0n) is 11.7. The van der Waals surface area contributed by atoms with Gasteiger partial charge < -0.3 is 15.5 Å². The van der Waals surface area contributed by atoms with Crippen LogP contribution in [0, 0.1) is 6.92 Å². The summed E-state index contributed by atoms with van der Waals surface area (Å²) in [6.07, 6.45) is 1.99. The number of anilines is 1. The highest BCUT2D eigenvalue weighted by Gasteiger charge is 2.30. The van der Waals surface area contributed by atoms with Crippen LogP contribution in [0.1, 0.15) is 30.4 Å². The van der Waals surface area contributed by atoms with Crippen molar-refractivity contribution in [2.45, 2.75) is 25.8 Å². The van der Waals surface area contributed by atoms with Crippen molar-refractivity contribution in [3.05, 3.63) is 17.6 Å². The van der Waals surface area contributed by atoms with Gasteiger partial charge in [-0.1, -0.05) is 0 Å². The van der Waals surface area contributed by atoms with Crippen LogP contribution in [0.2, 0.25) is 0 Å². The Labute approximate surface area is 113 Å². The van der Waals surface area contributed by atoms with E-state index in [-0.39, 0.29) is 11.9 Å². The van der Waals surface area contributed by atoms with Crippen molar-refractivity contribution in [1.82, 2.24) is 20.2 Å². The van der Waals surface area contributed by atoms with Gasteiger partial charge in [0.25, 0.3) is 0 Å². The van der Waals surface area contributed by atoms with Crippen LogP contribution < -0.4 is 10.6 Å². The van der Waals surface area contributed by atoms with Crippen molar-refractivity contribution in [2.24, 2.45) is 0 Å². The summed E-state index contributed by atoms with van der Waals surface area (Å²) in [5, 5.41) is 5.95. The van der Waals surface area contributed by atoms with Crippen LogP contribution in [0.15, 0.2) is 6.07 Å². The second-order valence-corrected chi connectivity index (χ2v) is 4.75. The molecule has 1 aliphatic heterocycles. The van der Waals surface area contributed by atoms with Crippen LogP contribution in [0.25, 0.3) is 0 Å². The van der Waals surface area contributed by atoms with Gasteiger partial charge in [-0.15, -0.1) is 0 Å². The second-order valence-electron chi connectivity index (χ2n) is 4.75. The van der Waals surface area contributed by atoms with Crippen LogP contribution in [0.3, 0.4) is 0 Å². The lowest BCUT2D eigenvalue weighted by atomic mass is 10.1. The van der Waals surface area contributed by atoms with Crippen molar-refractivity contribution in [3.8, 4) is 0 Å². The standard InChI is InChI=1S/C13H21N5O/c1-9-16-10(7-12(15-3)17-9)11-5-4-6-18(11)13(19)8-14-2/h7,11,14H,4-6,8H2,1-3H3,(H,15,16,17)/t11-/m1/s1. The maximum atomic E-state index is 12.1. The summed E-state index contributed by atoms with van der Waals surface area (Å²) < 4.78 is 0.